The summed E-state index contributed by atoms with van der Waals surface area (Å²) in [5.74, 6) is 0.142. The first-order chi connectivity index (χ1) is 14.0. The van der Waals surface area contributed by atoms with E-state index in [1.165, 1.54) is 24.0 Å². The van der Waals surface area contributed by atoms with Gasteiger partial charge >= 0.3 is 0 Å². The van der Waals surface area contributed by atoms with Gasteiger partial charge in [0.05, 0.1) is 18.7 Å². The van der Waals surface area contributed by atoms with Crippen LogP contribution in [0, 0.1) is 0 Å². The Hall–Kier alpha value is -2.14. The fourth-order valence-electron chi connectivity index (χ4n) is 4.82. The molecule has 1 aliphatic carbocycles. The zero-order valence-corrected chi connectivity index (χ0v) is 17.9. The Morgan fingerprint density at radius 1 is 1.10 bits per heavy atom. The van der Waals surface area contributed by atoms with Crippen LogP contribution in [0.3, 0.4) is 0 Å². The summed E-state index contributed by atoms with van der Waals surface area (Å²) in [6, 6.07) is 8.30. The van der Waals surface area contributed by atoms with Crippen LogP contribution in [0.4, 0.5) is 0 Å². The SMILES string of the molecule is CCC(=O)N(C)C[C@@H]1[C@@H](c2ccc(C3=CCCCC3)cc2)[C@H](CO)N1C(=O)CC. The topological polar surface area (TPSA) is 60.9 Å². The third-order valence-corrected chi connectivity index (χ3v) is 6.47. The Bertz CT molecular complexity index is 756. The number of aliphatic hydroxyl groups excluding tert-OH is 1. The van der Waals surface area contributed by atoms with E-state index in [0.29, 0.717) is 19.4 Å². The van der Waals surface area contributed by atoms with E-state index in [9.17, 15) is 14.7 Å². The summed E-state index contributed by atoms with van der Waals surface area (Å²) in [5.41, 5.74) is 3.82. The Morgan fingerprint density at radius 3 is 2.38 bits per heavy atom. The van der Waals surface area contributed by atoms with Crippen molar-refractivity contribution in [3.63, 3.8) is 0 Å². The van der Waals surface area contributed by atoms with Crippen molar-refractivity contribution in [3.05, 3.63) is 41.5 Å². The molecule has 158 valence electrons. The minimum atomic E-state index is -0.225. The van der Waals surface area contributed by atoms with Gasteiger partial charge < -0.3 is 14.9 Å². The minimum absolute atomic E-state index is 0.0339. The molecule has 2 amide bonds. The predicted molar refractivity (Wildman–Crippen MR) is 115 cm³/mol. The van der Waals surface area contributed by atoms with Gasteiger partial charge in [0, 0.05) is 32.4 Å². The lowest BCUT2D eigenvalue weighted by atomic mass is 9.74. The van der Waals surface area contributed by atoms with Crippen molar-refractivity contribution in [2.45, 2.75) is 70.4 Å². The molecule has 2 aliphatic rings. The van der Waals surface area contributed by atoms with Crippen molar-refractivity contribution in [2.75, 3.05) is 20.2 Å². The van der Waals surface area contributed by atoms with Crippen LogP contribution >= 0.6 is 0 Å². The second-order valence-corrected chi connectivity index (χ2v) is 8.22. The largest absolute Gasteiger partial charge is 0.394 e. The van der Waals surface area contributed by atoms with E-state index >= 15 is 0 Å². The zero-order valence-electron chi connectivity index (χ0n) is 17.9. The van der Waals surface area contributed by atoms with Crippen LogP contribution in [0.1, 0.15) is 69.4 Å². The second kappa shape index (κ2) is 9.57. The Kier molecular flexibility index (Phi) is 7.12. The number of nitrogens with zero attached hydrogens (tertiary/aromatic N) is 2. The fourth-order valence-corrected chi connectivity index (χ4v) is 4.82. The third kappa shape index (κ3) is 4.40. The summed E-state index contributed by atoms with van der Waals surface area (Å²) in [5, 5.41) is 10.0. The number of aliphatic hydroxyl groups is 1. The molecule has 5 heteroatoms. The van der Waals surface area contributed by atoms with Crippen LogP contribution in [0.5, 0.6) is 0 Å². The number of likely N-dealkylation sites (N-methyl/N-ethyl adjacent to an activating group) is 1. The molecule has 29 heavy (non-hydrogen) atoms. The van der Waals surface area contributed by atoms with Crippen molar-refractivity contribution in [3.8, 4) is 0 Å². The van der Waals surface area contributed by atoms with Gasteiger partial charge in [0.25, 0.3) is 0 Å². The molecule has 0 saturated carbocycles. The maximum Gasteiger partial charge on any atom is 0.222 e. The molecular weight excluding hydrogens is 364 g/mol. The zero-order chi connectivity index (χ0) is 21.0. The van der Waals surface area contributed by atoms with E-state index in [-0.39, 0.29) is 36.4 Å². The second-order valence-electron chi connectivity index (χ2n) is 8.22. The molecule has 1 aromatic rings. The molecule has 5 nitrogen and oxygen atoms in total. The lowest BCUT2D eigenvalue weighted by Crippen LogP contribution is -2.68. The number of benzene rings is 1. The molecule has 3 rings (SSSR count). The summed E-state index contributed by atoms with van der Waals surface area (Å²) in [7, 11) is 1.79. The monoisotopic (exact) mass is 398 g/mol. The Labute approximate surface area is 174 Å². The summed E-state index contributed by atoms with van der Waals surface area (Å²) >= 11 is 0. The van der Waals surface area contributed by atoms with Crippen LogP contribution in [0.15, 0.2) is 30.3 Å². The molecule has 0 bridgehead atoms. The van der Waals surface area contributed by atoms with E-state index in [0.717, 1.165) is 18.4 Å². The van der Waals surface area contributed by atoms with Crippen LogP contribution in [0.2, 0.25) is 0 Å². The molecule has 0 aromatic heterocycles. The smallest absolute Gasteiger partial charge is 0.222 e. The number of carbonyl (C=O) groups excluding carboxylic acids is 2. The van der Waals surface area contributed by atoms with Gasteiger partial charge in [-0.2, -0.15) is 0 Å². The molecule has 1 aliphatic heterocycles. The first-order valence-corrected chi connectivity index (χ1v) is 11.0. The van der Waals surface area contributed by atoms with Crippen LogP contribution in [0.25, 0.3) is 5.57 Å². The van der Waals surface area contributed by atoms with Crippen molar-refractivity contribution in [1.29, 1.82) is 0 Å². The van der Waals surface area contributed by atoms with Crippen molar-refractivity contribution in [2.24, 2.45) is 0 Å². The lowest BCUT2D eigenvalue weighted by molar-refractivity contribution is -0.153. The molecule has 1 fully saturated rings. The first kappa shape index (κ1) is 21.6. The van der Waals surface area contributed by atoms with Gasteiger partial charge in [-0.15, -0.1) is 0 Å². The molecule has 1 heterocycles. The highest BCUT2D eigenvalue weighted by Gasteiger charge is 2.51. The van der Waals surface area contributed by atoms with Crippen LogP contribution < -0.4 is 0 Å². The number of carbonyl (C=O) groups is 2. The molecule has 0 unspecified atom stereocenters. The average molecular weight is 399 g/mol. The molecule has 1 saturated heterocycles. The number of likely N-dealkylation sites (tertiary alicyclic amines) is 1. The highest BCUT2D eigenvalue weighted by atomic mass is 16.3. The van der Waals surface area contributed by atoms with Crippen LogP contribution in [-0.4, -0.2) is 59.0 Å². The summed E-state index contributed by atoms with van der Waals surface area (Å²) < 4.78 is 0. The van der Waals surface area contributed by atoms with Gasteiger partial charge in [-0.1, -0.05) is 44.2 Å². The van der Waals surface area contributed by atoms with Gasteiger partial charge in [0.1, 0.15) is 0 Å². The minimum Gasteiger partial charge on any atom is -0.394 e. The van der Waals surface area contributed by atoms with Gasteiger partial charge in [-0.05, 0) is 42.4 Å². The predicted octanol–water partition coefficient (Wildman–Crippen LogP) is 3.58. The average Bonchev–Trinajstić information content (AvgIpc) is 2.76. The van der Waals surface area contributed by atoms with Crippen molar-refractivity contribution in [1.82, 2.24) is 9.80 Å². The summed E-state index contributed by atoms with van der Waals surface area (Å²) in [4.78, 5) is 28.2. The van der Waals surface area contributed by atoms with E-state index in [1.54, 1.807) is 16.8 Å². The summed E-state index contributed by atoms with van der Waals surface area (Å²) in [6.45, 7) is 4.12. The molecule has 3 atom stereocenters. The standard InChI is InChI=1S/C24H34N2O3/c1-4-22(28)25(3)15-20-24(21(16-27)26(20)23(29)5-2)19-13-11-18(12-14-19)17-9-7-6-8-10-17/h9,11-14,20-21,24,27H,4-8,10,15-16H2,1-3H3/t20-,21+,24-/m1/s1. The first-order valence-electron chi connectivity index (χ1n) is 11.0. The molecule has 0 radical (unpaired) electrons. The Morgan fingerprint density at radius 2 is 1.83 bits per heavy atom. The number of hydrogen-bond acceptors (Lipinski definition) is 3. The fraction of sp³-hybridized carbons (Fsp3) is 0.583. The quantitative estimate of drug-likeness (QED) is 0.764. The number of hydrogen-bond donors (Lipinski definition) is 1. The van der Waals surface area contributed by atoms with Crippen molar-refractivity contribution >= 4 is 17.4 Å². The highest BCUT2D eigenvalue weighted by molar-refractivity contribution is 5.79. The highest BCUT2D eigenvalue weighted by Crippen LogP contribution is 2.42. The Balaban J connectivity index is 1.84. The van der Waals surface area contributed by atoms with Gasteiger partial charge in [0.15, 0.2) is 0 Å². The lowest BCUT2D eigenvalue weighted by Gasteiger charge is -2.55. The summed E-state index contributed by atoms with van der Waals surface area (Å²) in [6.07, 6.45) is 7.99. The molecule has 1 aromatic carbocycles. The maximum absolute atomic E-state index is 12.5. The third-order valence-electron chi connectivity index (χ3n) is 6.47. The van der Waals surface area contributed by atoms with Gasteiger partial charge in [0.2, 0.25) is 11.8 Å². The van der Waals surface area contributed by atoms with Crippen LogP contribution in [-0.2, 0) is 9.59 Å². The maximum atomic E-state index is 12.5. The van der Waals surface area contributed by atoms with E-state index in [1.807, 2.05) is 13.8 Å². The normalized spacial score (nSPS) is 23.9. The van der Waals surface area contributed by atoms with E-state index in [2.05, 4.69) is 30.3 Å². The van der Waals surface area contributed by atoms with Gasteiger partial charge in [-0.3, -0.25) is 9.59 Å². The van der Waals surface area contributed by atoms with Crippen molar-refractivity contribution < 1.29 is 14.7 Å². The molecule has 1 N–H and O–H groups in total. The van der Waals surface area contributed by atoms with E-state index < -0.39 is 0 Å². The van der Waals surface area contributed by atoms with E-state index in [4.69, 9.17) is 0 Å². The number of rotatable bonds is 7. The van der Waals surface area contributed by atoms with Gasteiger partial charge in [-0.25, -0.2) is 0 Å². The number of amides is 2. The number of allylic oxidation sites excluding steroid dienone is 2. The molecule has 0 spiro atoms. The molecular formula is C24H34N2O3.